The maximum Gasteiger partial charge on any atom is 0.472 e. The fourth-order valence-electron chi connectivity index (χ4n) is 5.26. The van der Waals surface area contributed by atoms with E-state index in [1.165, 1.54) is 44.9 Å². The highest BCUT2D eigenvalue weighted by Gasteiger charge is 2.54. The number of phosphoric acid groups is 2. The van der Waals surface area contributed by atoms with Crippen LogP contribution in [-0.2, 0) is 41.8 Å². The van der Waals surface area contributed by atoms with Gasteiger partial charge in [0.1, 0.15) is 43.2 Å². The van der Waals surface area contributed by atoms with Gasteiger partial charge in [-0.1, -0.05) is 89.9 Å². The average Bonchev–Trinajstić information content (AvgIpc) is 3.18. The Morgan fingerprint density at radius 2 is 1.03 bits per heavy atom. The van der Waals surface area contributed by atoms with Crippen molar-refractivity contribution in [3.8, 4) is 82.9 Å². The van der Waals surface area contributed by atoms with E-state index in [0.717, 1.165) is 32.1 Å². The molecule has 0 heterocycles. The molecule has 60 heavy (non-hydrogen) atoms. The van der Waals surface area contributed by atoms with Crippen molar-refractivity contribution < 1.29 is 96.8 Å². The van der Waals surface area contributed by atoms with Gasteiger partial charge < -0.3 is 50.7 Å². The van der Waals surface area contributed by atoms with E-state index < -0.39 is 83.5 Å². The molecule has 17 nitrogen and oxygen atoms in total. The number of esters is 2. The van der Waals surface area contributed by atoms with E-state index in [2.05, 4.69) is 94.3 Å². The number of carbonyl (C=O) groups is 2. The van der Waals surface area contributed by atoms with Crippen molar-refractivity contribution in [3.63, 3.8) is 0 Å². The summed E-state index contributed by atoms with van der Waals surface area (Å²) in [7, 11) is -10.8. The SMILES string of the molecule is CC#CC#CC#CC#CC#CC#CC#CC(=O)OC[C@H](COP(=O)(O)OC1C(O)[C@@H](O)C(O)[C@@H](OP(=O)(O)O)[C@H]1O)OC(=O)CCCCCCCCCCCCCCC.N.[HH].[HH].[HH].[HH].[HH].[HH].[HH].[HH].[HH].[HH].[HH].[HH].[HH].[HH]. The zero-order chi connectivity index (χ0) is 43.9. The predicted octanol–water partition coefficient (Wildman–Crippen LogP) is 6.01. The van der Waals surface area contributed by atoms with Crippen molar-refractivity contribution in [2.24, 2.45) is 0 Å². The highest BCUT2D eigenvalue weighted by molar-refractivity contribution is 7.47. The number of aliphatic hydroxyl groups is 4. The summed E-state index contributed by atoms with van der Waals surface area (Å²) in [6, 6.07) is 0. The Kier molecular flexibility index (Phi) is 30.4. The van der Waals surface area contributed by atoms with Crippen LogP contribution in [0.15, 0.2) is 0 Å². The van der Waals surface area contributed by atoms with E-state index in [1.807, 2.05) is 0 Å². The van der Waals surface area contributed by atoms with Crippen LogP contribution in [0.4, 0.5) is 0 Å². The summed E-state index contributed by atoms with van der Waals surface area (Å²) >= 11 is 0. The zero-order valence-corrected chi connectivity index (χ0v) is 35.6. The van der Waals surface area contributed by atoms with Crippen LogP contribution in [0, 0.1) is 82.9 Å². The summed E-state index contributed by atoms with van der Waals surface area (Å²) in [5.41, 5.74) is 0. The maximum atomic E-state index is 12.9. The largest absolute Gasteiger partial charge is 0.472 e. The number of hydrogen-bond donors (Lipinski definition) is 8. The maximum absolute atomic E-state index is 12.9. The van der Waals surface area contributed by atoms with Gasteiger partial charge in [0, 0.05) is 32.3 Å². The fourth-order valence-corrected chi connectivity index (χ4v) is 6.80. The number of phosphoric ester groups is 2. The van der Waals surface area contributed by atoms with Crippen molar-refractivity contribution in [2.45, 2.75) is 146 Å². The molecule has 8 atom stereocenters. The fraction of sp³-hybridized carbons (Fsp3) is 0.610. The van der Waals surface area contributed by atoms with E-state index in [4.69, 9.17) is 28.3 Å². The van der Waals surface area contributed by atoms with Gasteiger partial charge >= 0.3 is 27.6 Å². The van der Waals surface area contributed by atoms with Crippen LogP contribution in [0.3, 0.4) is 0 Å². The summed E-state index contributed by atoms with van der Waals surface area (Å²) in [4.78, 5) is 53.5. The molecule has 0 spiro atoms. The minimum atomic E-state index is -5.39. The Morgan fingerprint density at radius 1 is 0.600 bits per heavy atom. The van der Waals surface area contributed by atoms with Crippen LogP contribution in [-0.4, -0.2) is 103 Å². The first kappa shape index (κ1) is 55.9. The first-order valence-corrected chi connectivity index (χ1v) is 22.0. The molecule has 0 radical (unpaired) electrons. The van der Waals surface area contributed by atoms with Crippen molar-refractivity contribution in [2.75, 3.05) is 13.2 Å². The molecule has 0 aliphatic heterocycles. The summed E-state index contributed by atoms with van der Waals surface area (Å²) < 4.78 is 48.5. The second-order valence-corrected chi connectivity index (χ2v) is 15.5. The van der Waals surface area contributed by atoms with Gasteiger partial charge in [0.25, 0.3) is 0 Å². The molecule has 0 bridgehead atoms. The zero-order valence-electron chi connectivity index (χ0n) is 33.8. The van der Waals surface area contributed by atoms with Gasteiger partial charge in [0.05, 0.1) is 6.61 Å². The smallest absolute Gasteiger partial charge is 0.456 e. The Labute approximate surface area is 373 Å². The van der Waals surface area contributed by atoms with Gasteiger partial charge in [-0.2, -0.15) is 0 Å². The molecule has 0 aromatic rings. The lowest BCUT2D eigenvalue weighted by molar-refractivity contribution is -0.216. The molecule has 0 saturated heterocycles. The van der Waals surface area contributed by atoms with Crippen molar-refractivity contribution in [1.82, 2.24) is 6.15 Å². The third-order valence-electron chi connectivity index (χ3n) is 8.14. The Morgan fingerprint density at radius 3 is 1.50 bits per heavy atom. The van der Waals surface area contributed by atoms with Gasteiger partial charge in [-0.3, -0.25) is 18.4 Å². The van der Waals surface area contributed by atoms with Crippen molar-refractivity contribution >= 4 is 27.6 Å². The molecule has 0 amide bonds. The third kappa shape index (κ3) is 26.9. The van der Waals surface area contributed by atoms with Crippen LogP contribution >= 0.6 is 15.6 Å². The number of aliphatic hydroxyl groups excluding tert-OH is 4. The number of carbonyl (C=O) groups excluding carboxylic acids is 2. The normalized spacial score (nSPS) is 20.3. The third-order valence-corrected chi connectivity index (χ3v) is 9.65. The van der Waals surface area contributed by atoms with Crippen LogP contribution in [0.2, 0.25) is 0 Å². The Hall–Kier alpha value is -4.12. The molecule has 10 N–H and O–H groups in total. The lowest BCUT2D eigenvalue weighted by atomic mass is 9.85. The second kappa shape index (κ2) is 32.6. The molecule has 1 aliphatic carbocycles. The molecule has 19 heteroatoms. The molecular weight excluding hydrogens is 824 g/mol. The second-order valence-electron chi connectivity index (χ2n) is 12.9. The van der Waals surface area contributed by atoms with Crippen LogP contribution < -0.4 is 6.15 Å². The molecule has 1 fully saturated rings. The monoisotopic (exact) mass is 908 g/mol. The van der Waals surface area contributed by atoms with E-state index >= 15 is 0 Å². The van der Waals surface area contributed by atoms with Crippen LogP contribution in [0.1, 0.15) is 124 Å². The van der Waals surface area contributed by atoms with Gasteiger partial charge in [0.2, 0.25) is 0 Å². The molecule has 0 aromatic heterocycles. The Bertz CT molecular complexity index is 1940. The summed E-state index contributed by atoms with van der Waals surface area (Å²) in [5, 5.41) is 41.0. The lowest BCUT2D eigenvalue weighted by Gasteiger charge is -2.43. The van der Waals surface area contributed by atoms with E-state index in [1.54, 1.807) is 6.92 Å². The van der Waals surface area contributed by atoms with Crippen LogP contribution in [0.5, 0.6) is 0 Å². The van der Waals surface area contributed by atoms with E-state index in [9.17, 15) is 44.0 Å². The Balaban J connectivity index is -0.000000179. The molecule has 1 rings (SSSR count). The molecular formula is C41H83NO16P2. The summed E-state index contributed by atoms with van der Waals surface area (Å²) in [5.74, 6) is 31.5. The minimum Gasteiger partial charge on any atom is -0.456 e. The first-order chi connectivity index (χ1) is 28.1. The van der Waals surface area contributed by atoms with Gasteiger partial charge in [-0.15, -0.1) is 0 Å². The van der Waals surface area contributed by atoms with Gasteiger partial charge in [-0.05, 0) is 84.4 Å². The van der Waals surface area contributed by atoms with Crippen LogP contribution in [0.25, 0.3) is 0 Å². The number of unbranched alkanes of at least 4 members (excludes halogenated alkanes) is 12. The topological polar surface area (TPSA) is 291 Å². The molecule has 4 unspecified atom stereocenters. The van der Waals surface area contributed by atoms with Crippen molar-refractivity contribution in [1.29, 1.82) is 0 Å². The van der Waals surface area contributed by atoms with Gasteiger partial charge in [-0.25, -0.2) is 13.9 Å². The van der Waals surface area contributed by atoms with Crippen molar-refractivity contribution in [3.05, 3.63) is 0 Å². The molecule has 1 saturated carbocycles. The standard InChI is InChI=1S/C41H52O16P2.H3N.14H2/c1-3-5-7-9-11-13-15-17-19-21-23-25-27-29-34(42)53-31-33(55-35(43)30-28-26-24-22-20-18-16-14-12-10-8-6-4-2)32-54-59(51,52)57-41-38(46)36(44)37(45)40(39(41)47)56-58(48,49)50;;;;;;;;;;;;;;;/h33,36-41,44-47H,4,6,8,10,12,14,16,18,20,22,24,26,28,30-32H2,1-2H3,(H,51,52)(H2,48,49,50);1H3;14*1H/t33-,36+,37?,38?,39-,40-,41?;;;;;;;;;;;;;;;/m1.............../s1. The highest BCUT2D eigenvalue weighted by Crippen LogP contribution is 2.49. The van der Waals surface area contributed by atoms with Gasteiger partial charge in [0.15, 0.2) is 6.10 Å². The minimum absolute atomic E-state index is 0. The summed E-state index contributed by atoms with van der Waals surface area (Å²) in [6.07, 6.45) is -1.12. The molecule has 1 aliphatic rings. The first-order valence-electron chi connectivity index (χ1n) is 19.0. The van der Waals surface area contributed by atoms with E-state index in [-0.39, 0.29) is 32.5 Å². The predicted molar refractivity (Wildman–Crippen MR) is 247 cm³/mol. The highest BCUT2D eigenvalue weighted by atomic mass is 31.2. The quantitative estimate of drug-likeness (QED) is 0.0181. The molecule has 358 valence electrons. The number of rotatable bonds is 24. The summed E-state index contributed by atoms with van der Waals surface area (Å²) in [6.45, 7) is 2.15. The average molecular weight is 908 g/mol. The molecule has 0 aromatic carbocycles. The van der Waals surface area contributed by atoms with E-state index in [0.29, 0.717) is 6.42 Å². The number of hydrogen-bond acceptors (Lipinski definition) is 14. The lowest BCUT2D eigenvalue weighted by Crippen LogP contribution is -2.64. The number of ether oxygens (including phenoxy) is 2.